The number of ether oxygens (including phenoxy) is 1. The number of rotatable bonds is 9. The summed E-state index contributed by atoms with van der Waals surface area (Å²) in [5.41, 5.74) is -0.825. The fraction of sp³-hybridized carbons (Fsp3) is 0.941. The predicted molar refractivity (Wildman–Crippen MR) is 95.9 cm³/mol. The van der Waals surface area contributed by atoms with E-state index < -0.39 is 5.60 Å². The smallest absolute Gasteiger partial charge is 0.191 e. The van der Waals surface area contributed by atoms with E-state index in [0.29, 0.717) is 19.0 Å². The maximum Gasteiger partial charge on any atom is 0.191 e. The fourth-order valence-electron chi connectivity index (χ4n) is 2.70. The lowest BCUT2D eigenvalue weighted by Gasteiger charge is -2.33. The Morgan fingerprint density at radius 1 is 1.22 bits per heavy atom. The van der Waals surface area contributed by atoms with E-state index in [0.717, 1.165) is 58.2 Å². The van der Waals surface area contributed by atoms with Gasteiger partial charge in [0.2, 0.25) is 0 Å². The van der Waals surface area contributed by atoms with Gasteiger partial charge in [-0.1, -0.05) is 26.7 Å². The van der Waals surface area contributed by atoms with Crippen molar-refractivity contribution in [3.63, 3.8) is 0 Å². The molecule has 1 aliphatic heterocycles. The number of β-amino-alcohol motifs (C(OH)–C–C–N with tert-alkyl or cyclic N) is 1. The van der Waals surface area contributed by atoms with Gasteiger partial charge in [0.1, 0.15) is 0 Å². The molecule has 0 aromatic rings. The van der Waals surface area contributed by atoms with Gasteiger partial charge in [0.05, 0.1) is 25.4 Å². The summed E-state index contributed by atoms with van der Waals surface area (Å²) in [4.78, 5) is 6.82. The van der Waals surface area contributed by atoms with Gasteiger partial charge in [-0.15, -0.1) is 0 Å². The van der Waals surface area contributed by atoms with Gasteiger partial charge in [-0.25, -0.2) is 0 Å². The third-order valence-electron chi connectivity index (χ3n) is 4.30. The second-order valence-electron chi connectivity index (χ2n) is 6.64. The maximum atomic E-state index is 10.6. The molecule has 0 aromatic heterocycles. The molecule has 0 amide bonds. The van der Waals surface area contributed by atoms with Crippen molar-refractivity contribution < 1.29 is 9.84 Å². The van der Waals surface area contributed by atoms with Gasteiger partial charge in [0, 0.05) is 32.7 Å². The number of guanidine groups is 1. The van der Waals surface area contributed by atoms with Crippen LogP contribution in [0.2, 0.25) is 0 Å². The maximum absolute atomic E-state index is 10.6. The summed E-state index contributed by atoms with van der Waals surface area (Å²) >= 11 is 0. The number of morpholine rings is 1. The van der Waals surface area contributed by atoms with Crippen LogP contribution in [0, 0.1) is 5.92 Å². The summed E-state index contributed by atoms with van der Waals surface area (Å²) in [7, 11) is 0. The highest BCUT2D eigenvalue weighted by Crippen LogP contribution is 2.09. The molecule has 0 radical (unpaired) electrons. The van der Waals surface area contributed by atoms with Crippen molar-refractivity contribution in [2.24, 2.45) is 10.9 Å². The number of nitrogens with one attached hydrogen (secondary N) is 2. The highest BCUT2D eigenvalue weighted by molar-refractivity contribution is 5.79. The van der Waals surface area contributed by atoms with Gasteiger partial charge in [-0.3, -0.25) is 9.89 Å². The van der Waals surface area contributed by atoms with Crippen molar-refractivity contribution in [3.8, 4) is 0 Å². The molecule has 0 aromatic carbocycles. The lowest BCUT2D eigenvalue weighted by atomic mass is 10.0. The summed E-state index contributed by atoms with van der Waals surface area (Å²) in [5.74, 6) is 1.45. The van der Waals surface area contributed by atoms with Crippen molar-refractivity contribution in [1.29, 1.82) is 0 Å². The molecule has 0 bridgehead atoms. The standard InChI is InChI=1S/C17H36N4O2/c1-5-15(6-2)12-19-16(18-7-3)20-13-17(4,22)14-21-8-10-23-11-9-21/h15,22H,5-14H2,1-4H3,(H2,18,19,20). The number of aliphatic imine (C=N–C) groups is 1. The molecule has 1 aliphatic rings. The zero-order valence-corrected chi connectivity index (χ0v) is 15.4. The zero-order chi connectivity index (χ0) is 17.1. The monoisotopic (exact) mass is 328 g/mol. The molecule has 1 unspecified atom stereocenters. The molecule has 136 valence electrons. The number of aliphatic hydroxyl groups is 1. The first-order chi connectivity index (χ1) is 11.0. The van der Waals surface area contributed by atoms with Crippen LogP contribution in [0.15, 0.2) is 4.99 Å². The molecule has 3 N–H and O–H groups in total. The topological polar surface area (TPSA) is 69.1 Å². The first kappa shape index (κ1) is 20.2. The molecule has 1 rings (SSSR count). The minimum absolute atomic E-state index is 0.391. The molecular weight excluding hydrogens is 292 g/mol. The Morgan fingerprint density at radius 2 is 1.87 bits per heavy atom. The van der Waals surface area contributed by atoms with Gasteiger partial charge >= 0.3 is 0 Å². The van der Waals surface area contributed by atoms with Crippen LogP contribution in [-0.2, 0) is 4.74 Å². The van der Waals surface area contributed by atoms with E-state index in [2.05, 4.69) is 41.3 Å². The minimum Gasteiger partial charge on any atom is -0.387 e. The van der Waals surface area contributed by atoms with Gasteiger partial charge in [0.25, 0.3) is 0 Å². The summed E-state index contributed by atoms with van der Waals surface area (Å²) in [5, 5.41) is 17.3. The molecule has 6 nitrogen and oxygen atoms in total. The van der Waals surface area contributed by atoms with Gasteiger partial charge in [0.15, 0.2) is 5.96 Å². The number of nitrogens with zero attached hydrogens (tertiary/aromatic N) is 2. The fourth-order valence-corrected chi connectivity index (χ4v) is 2.70. The van der Waals surface area contributed by atoms with Gasteiger partial charge in [-0.2, -0.15) is 0 Å². The zero-order valence-electron chi connectivity index (χ0n) is 15.4. The van der Waals surface area contributed by atoms with E-state index in [4.69, 9.17) is 4.74 Å². The van der Waals surface area contributed by atoms with Crippen LogP contribution in [0.1, 0.15) is 40.5 Å². The number of hydrogen-bond donors (Lipinski definition) is 3. The predicted octanol–water partition coefficient (Wildman–Crippen LogP) is 1.06. The second-order valence-corrected chi connectivity index (χ2v) is 6.64. The van der Waals surface area contributed by atoms with E-state index in [1.54, 1.807) is 0 Å². The van der Waals surface area contributed by atoms with Crippen LogP contribution in [-0.4, -0.2) is 74.0 Å². The number of hydrogen-bond acceptors (Lipinski definition) is 4. The van der Waals surface area contributed by atoms with E-state index in [1.807, 2.05) is 6.92 Å². The molecule has 0 aliphatic carbocycles. The largest absolute Gasteiger partial charge is 0.387 e. The Hall–Kier alpha value is -0.850. The van der Waals surface area contributed by atoms with Crippen LogP contribution >= 0.6 is 0 Å². The summed E-state index contributed by atoms with van der Waals surface area (Å²) in [6, 6.07) is 0. The van der Waals surface area contributed by atoms with E-state index >= 15 is 0 Å². The molecule has 6 heteroatoms. The quantitative estimate of drug-likeness (QED) is 0.436. The Morgan fingerprint density at radius 3 is 2.43 bits per heavy atom. The van der Waals surface area contributed by atoms with Crippen molar-refractivity contribution in [3.05, 3.63) is 0 Å². The lowest BCUT2D eigenvalue weighted by Crippen LogP contribution is -2.48. The lowest BCUT2D eigenvalue weighted by molar-refractivity contribution is -0.0180. The summed E-state index contributed by atoms with van der Waals surface area (Å²) < 4.78 is 5.35. The van der Waals surface area contributed by atoms with E-state index in [-0.39, 0.29) is 0 Å². The molecule has 0 saturated carbocycles. The highest BCUT2D eigenvalue weighted by atomic mass is 16.5. The molecule has 23 heavy (non-hydrogen) atoms. The Labute approximate surface area is 141 Å². The van der Waals surface area contributed by atoms with E-state index in [9.17, 15) is 5.11 Å². The molecule has 1 fully saturated rings. The SMILES string of the molecule is CCNC(=NCC(C)(O)CN1CCOCC1)NCC(CC)CC. The van der Waals surface area contributed by atoms with Crippen LogP contribution in [0.25, 0.3) is 0 Å². The third-order valence-corrected chi connectivity index (χ3v) is 4.30. The van der Waals surface area contributed by atoms with Crippen LogP contribution in [0.4, 0.5) is 0 Å². The Balaban J connectivity index is 2.49. The van der Waals surface area contributed by atoms with Crippen molar-refractivity contribution in [2.75, 3.05) is 52.5 Å². The molecule has 1 heterocycles. The molecule has 1 atom stereocenters. The Bertz CT molecular complexity index is 337. The first-order valence-electron chi connectivity index (χ1n) is 9.05. The first-order valence-corrected chi connectivity index (χ1v) is 9.05. The average Bonchev–Trinajstić information content (AvgIpc) is 2.54. The highest BCUT2D eigenvalue weighted by Gasteiger charge is 2.25. The van der Waals surface area contributed by atoms with Crippen molar-refractivity contribution in [2.45, 2.75) is 46.1 Å². The summed E-state index contributed by atoms with van der Waals surface area (Å²) in [6.45, 7) is 14.4. The minimum atomic E-state index is -0.825. The summed E-state index contributed by atoms with van der Waals surface area (Å²) in [6.07, 6.45) is 2.33. The average molecular weight is 329 g/mol. The molecule has 1 saturated heterocycles. The molecule has 0 spiro atoms. The van der Waals surface area contributed by atoms with Crippen molar-refractivity contribution >= 4 is 5.96 Å². The normalized spacial score (nSPS) is 19.7. The van der Waals surface area contributed by atoms with Crippen molar-refractivity contribution in [1.82, 2.24) is 15.5 Å². The van der Waals surface area contributed by atoms with E-state index in [1.165, 1.54) is 0 Å². The molecular formula is C17H36N4O2. The van der Waals surface area contributed by atoms with Gasteiger partial charge in [-0.05, 0) is 19.8 Å². The van der Waals surface area contributed by atoms with Crippen LogP contribution in [0.3, 0.4) is 0 Å². The van der Waals surface area contributed by atoms with Crippen LogP contribution in [0.5, 0.6) is 0 Å². The second kappa shape index (κ2) is 10.8. The third kappa shape index (κ3) is 8.53. The van der Waals surface area contributed by atoms with Crippen LogP contribution < -0.4 is 10.6 Å². The van der Waals surface area contributed by atoms with Gasteiger partial charge < -0.3 is 20.5 Å². The Kier molecular flexibility index (Phi) is 9.52.